The van der Waals surface area contributed by atoms with Crippen LogP contribution in [-0.4, -0.2) is 6.54 Å². The lowest BCUT2D eigenvalue weighted by Crippen LogP contribution is -2.19. The Morgan fingerprint density at radius 3 is 2.43 bits per heavy atom. The third kappa shape index (κ3) is 3.82. The first-order chi connectivity index (χ1) is 10.2. The molecular formula is C18H22FNO. The first-order valence-corrected chi connectivity index (χ1v) is 7.44. The Morgan fingerprint density at radius 2 is 1.81 bits per heavy atom. The van der Waals surface area contributed by atoms with Crippen LogP contribution >= 0.6 is 0 Å². The number of benzene rings is 2. The molecule has 0 fully saturated rings. The fourth-order valence-electron chi connectivity index (χ4n) is 2.35. The summed E-state index contributed by atoms with van der Waals surface area (Å²) >= 11 is 0. The van der Waals surface area contributed by atoms with Gasteiger partial charge in [0.05, 0.1) is 0 Å². The van der Waals surface area contributed by atoms with Gasteiger partial charge in [-0.3, -0.25) is 0 Å². The average molecular weight is 287 g/mol. The van der Waals surface area contributed by atoms with Crippen LogP contribution in [0.4, 0.5) is 4.39 Å². The van der Waals surface area contributed by atoms with Gasteiger partial charge in [0.1, 0.15) is 17.3 Å². The van der Waals surface area contributed by atoms with Crippen molar-refractivity contribution in [1.82, 2.24) is 5.32 Å². The molecule has 2 nitrogen and oxygen atoms in total. The van der Waals surface area contributed by atoms with E-state index < -0.39 is 0 Å². The maximum atomic E-state index is 14.1. The molecule has 0 saturated heterocycles. The molecule has 0 aromatic heterocycles. The SMILES string of the molecule is CCNC(C)c1c(F)cccc1Oc1ccc(CC)cc1. The van der Waals surface area contributed by atoms with Gasteiger partial charge >= 0.3 is 0 Å². The molecule has 0 spiro atoms. The molecule has 2 rings (SSSR count). The van der Waals surface area contributed by atoms with Crippen molar-refractivity contribution in [2.24, 2.45) is 0 Å². The molecule has 2 aromatic carbocycles. The van der Waals surface area contributed by atoms with Gasteiger partial charge in [-0.05, 0) is 49.7 Å². The van der Waals surface area contributed by atoms with Crippen LogP contribution < -0.4 is 10.1 Å². The Kier molecular flexibility index (Phi) is 5.34. The van der Waals surface area contributed by atoms with Crippen LogP contribution in [0.5, 0.6) is 11.5 Å². The van der Waals surface area contributed by atoms with Gasteiger partial charge in [0.2, 0.25) is 0 Å². The Hall–Kier alpha value is -1.87. The lowest BCUT2D eigenvalue weighted by atomic mass is 10.1. The van der Waals surface area contributed by atoms with E-state index in [0.29, 0.717) is 11.3 Å². The quantitative estimate of drug-likeness (QED) is 0.820. The molecule has 1 unspecified atom stereocenters. The standard InChI is InChI=1S/C18H22FNO/c1-4-14-9-11-15(12-10-14)21-17-8-6-7-16(19)18(17)13(3)20-5-2/h6-13,20H,4-5H2,1-3H3. The smallest absolute Gasteiger partial charge is 0.135 e. The number of hydrogen-bond donors (Lipinski definition) is 1. The van der Waals surface area contributed by atoms with Gasteiger partial charge in [0.15, 0.2) is 0 Å². The van der Waals surface area contributed by atoms with Crippen molar-refractivity contribution in [1.29, 1.82) is 0 Å². The number of aryl methyl sites for hydroxylation is 1. The Balaban J connectivity index is 2.28. The minimum atomic E-state index is -0.244. The molecule has 1 atom stereocenters. The van der Waals surface area contributed by atoms with Crippen LogP contribution in [0, 0.1) is 5.82 Å². The highest BCUT2D eigenvalue weighted by Crippen LogP contribution is 2.31. The molecule has 112 valence electrons. The van der Waals surface area contributed by atoms with Crippen molar-refractivity contribution in [2.75, 3.05) is 6.54 Å². The second-order valence-corrected chi connectivity index (χ2v) is 5.03. The van der Waals surface area contributed by atoms with Gasteiger partial charge in [-0.15, -0.1) is 0 Å². The zero-order valence-corrected chi connectivity index (χ0v) is 12.8. The van der Waals surface area contributed by atoms with Crippen LogP contribution in [0.2, 0.25) is 0 Å². The normalized spacial score (nSPS) is 12.2. The molecule has 2 aromatic rings. The molecular weight excluding hydrogens is 265 g/mol. The van der Waals surface area contributed by atoms with Gasteiger partial charge in [-0.1, -0.05) is 32.0 Å². The van der Waals surface area contributed by atoms with E-state index in [4.69, 9.17) is 4.74 Å². The van der Waals surface area contributed by atoms with Crippen LogP contribution in [0.1, 0.15) is 37.9 Å². The van der Waals surface area contributed by atoms with E-state index in [-0.39, 0.29) is 11.9 Å². The van der Waals surface area contributed by atoms with Gasteiger partial charge in [0.25, 0.3) is 0 Å². The molecule has 0 aliphatic heterocycles. The highest BCUT2D eigenvalue weighted by atomic mass is 19.1. The van der Waals surface area contributed by atoms with E-state index in [1.807, 2.05) is 38.1 Å². The highest BCUT2D eigenvalue weighted by molar-refractivity contribution is 5.41. The van der Waals surface area contributed by atoms with Crippen LogP contribution in [0.3, 0.4) is 0 Å². The number of rotatable bonds is 6. The zero-order chi connectivity index (χ0) is 15.2. The second-order valence-electron chi connectivity index (χ2n) is 5.03. The van der Waals surface area contributed by atoms with Gasteiger partial charge < -0.3 is 10.1 Å². The lowest BCUT2D eigenvalue weighted by molar-refractivity contribution is 0.448. The molecule has 0 aliphatic carbocycles. The van der Waals surface area contributed by atoms with Crippen molar-refractivity contribution >= 4 is 0 Å². The number of halogens is 1. The summed E-state index contributed by atoms with van der Waals surface area (Å²) in [6.07, 6.45) is 0.989. The van der Waals surface area contributed by atoms with E-state index in [1.165, 1.54) is 11.6 Å². The number of hydrogen-bond acceptors (Lipinski definition) is 2. The summed E-state index contributed by atoms with van der Waals surface area (Å²) in [5, 5.41) is 3.23. The fraction of sp³-hybridized carbons (Fsp3) is 0.333. The Labute approximate surface area is 126 Å². The molecule has 0 radical (unpaired) electrons. The molecule has 0 heterocycles. The molecule has 0 bridgehead atoms. The summed E-state index contributed by atoms with van der Waals surface area (Å²) in [6.45, 7) is 6.83. The van der Waals surface area contributed by atoms with Gasteiger partial charge in [-0.25, -0.2) is 4.39 Å². The fourth-order valence-corrected chi connectivity index (χ4v) is 2.35. The molecule has 21 heavy (non-hydrogen) atoms. The van der Waals surface area contributed by atoms with Gasteiger partial charge in [-0.2, -0.15) is 0 Å². The first-order valence-electron chi connectivity index (χ1n) is 7.44. The molecule has 1 N–H and O–H groups in total. The van der Waals surface area contributed by atoms with Crippen molar-refractivity contribution in [3.8, 4) is 11.5 Å². The minimum absolute atomic E-state index is 0.0962. The average Bonchev–Trinajstić information content (AvgIpc) is 2.48. The van der Waals surface area contributed by atoms with E-state index in [2.05, 4.69) is 12.2 Å². The maximum absolute atomic E-state index is 14.1. The van der Waals surface area contributed by atoms with Gasteiger partial charge in [0, 0.05) is 11.6 Å². The summed E-state index contributed by atoms with van der Waals surface area (Å²) in [7, 11) is 0. The predicted molar refractivity (Wildman–Crippen MR) is 84.4 cm³/mol. The largest absolute Gasteiger partial charge is 0.457 e. The summed E-state index contributed by atoms with van der Waals surface area (Å²) < 4.78 is 20.0. The molecule has 0 amide bonds. The molecule has 0 aliphatic rings. The summed E-state index contributed by atoms with van der Waals surface area (Å²) in [5.41, 5.74) is 1.82. The summed E-state index contributed by atoms with van der Waals surface area (Å²) in [5.74, 6) is 1.04. The van der Waals surface area contributed by atoms with Crippen molar-refractivity contribution in [2.45, 2.75) is 33.2 Å². The monoisotopic (exact) mass is 287 g/mol. The van der Waals surface area contributed by atoms with Crippen LogP contribution in [-0.2, 0) is 6.42 Å². The molecule has 0 saturated carbocycles. The number of ether oxygens (including phenoxy) is 1. The third-order valence-corrected chi connectivity index (χ3v) is 3.52. The highest BCUT2D eigenvalue weighted by Gasteiger charge is 2.16. The van der Waals surface area contributed by atoms with E-state index in [9.17, 15) is 4.39 Å². The second kappa shape index (κ2) is 7.23. The Bertz CT molecular complexity index is 580. The van der Waals surface area contributed by atoms with E-state index in [1.54, 1.807) is 12.1 Å². The van der Waals surface area contributed by atoms with Crippen molar-refractivity contribution < 1.29 is 9.13 Å². The number of nitrogens with one attached hydrogen (secondary N) is 1. The van der Waals surface area contributed by atoms with Crippen LogP contribution in [0.15, 0.2) is 42.5 Å². The summed E-state index contributed by atoms with van der Waals surface area (Å²) in [4.78, 5) is 0. The predicted octanol–water partition coefficient (Wildman–Crippen LogP) is 4.85. The Morgan fingerprint density at radius 1 is 1.10 bits per heavy atom. The minimum Gasteiger partial charge on any atom is -0.457 e. The maximum Gasteiger partial charge on any atom is 0.135 e. The topological polar surface area (TPSA) is 21.3 Å². The third-order valence-electron chi connectivity index (χ3n) is 3.52. The first kappa shape index (κ1) is 15.5. The zero-order valence-electron chi connectivity index (χ0n) is 12.8. The van der Waals surface area contributed by atoms with Crippen molar-refractivity contribution in [3.63, 3.8) is 0 Å². The van der Waals surface area contributed by atoms with Crippen LogP contribution in [0.25, 0.3) is 0 Å². The molecule has 3 heteroatoms. The van der Waals surface area contributed by atoms with Crippen molar-refractivity contribution in [3.05, 3.63) is 59.4 Å². The summed E-state index contributed by atoms with van der Waals surface area (Å²) in [6, 6.07) is 12.8. The van der Waals surface area contributed by atoms with E-state index >= 15 is 0 Å². The van der Waals surface area contributed by atoms with E-state index in [0.717, 1.165) is 18.7 Å². The lowest BCUT2D eigenvalue weighted by Gasteiger charge is -2.18.